The highest BCUT2D eigenvalue weighted by Crippen LogP contribution is 2.31. The van der Waals surface area contributed by atoms with E-state index in [4.69, 9.17) is 5.73 Å². The third-order valence-corrected chi connectivity index (χ3v) is 5.91. The Bertz CT molecular complexity index is 800. The molecular weight excluding hydrogens is 326 g/mol. The summed E-state index contributed by atoms with van der Waals surface area (Å²) < 4.78 is 0. The lowest BCUT2D eigenvalue weighted by Crippen LogP contribution is -2.56. The van der Waals surface area contributed by atoms with Crippen LogP contribution in [0.3, 0.4) is 0 Å². The Morgan fingerprint density at radius 1 is 1.04 bits per heavy atom. The lowest BCUT2D eigenvalue weighted by Gasteiger charge is -2.44. The highest BCUT2D eigenvalue weighted by Gasteiger charge is 2.34. The number of hydrogen-bond acceptors (Lipinski definition) is 5. The van der Waals surface area contributed by atoms with E-state index in [1.54, 1.807) is 6.07 Å². The molecular formula is C21H27N3O2. The van der Waals surface area contributed by atoms with Gasteiger partial charge in [-0.2, -0.15) is 0 Å². The number of nitrogens with two attached hydrogens (primary N) is 1. The van der Waals surface area contributed by atoms with E-state index in [0.29, 0.717) is 12.2 Å². The van der Waals surface area contributed by atoms with Gasteiger partial charge >= 0.3 is 0 Å². The summed E-state index contributed by atoms with van der Waals surface area (Å²) in [6.07, 6.45) is 1.14. The van der Waals surface area contributed by atoms with Crippen LogP contribution in [0.1, 0.15) is 16.7 Å². The molecule has 5 nitrogen and oxygen atoms in total. The van der Waals surface area contributed by atoms with Crippen LogP contribution in [-0.4, -0.2) is 53.4 Å². The lowest BCUT2D eigenvalue weighted by atomic mass is 9.84. The van der Waals surface area contributed by atoms with Crippen LogP contribution in [0.5, 0.6) is 5.75 Å². The third-order valence-electron chi connectivity index (χ3n) is 5.91. The van der Waals surface area contributed by atoms with Crippen LogP contribution >= 0.6 is 0 Å². The molecule has 1 fully saturated rings. The van der Waals surface area contributed by atoms with Crippen molar-refractivity contribution < 1.29 is 10.2 Å². The van der Waals surface area contributed by atoms with E-state index < -0.39 is 0 Å². The zero-order chi connectivity index (χ0) is 18.3. The summed E-state index contributed by atoms with van der Waals surface area (Å²) in [6, 6.07) is 11.7. The maximum Gasteiger partial charge on any atom is 0.117 e. The van der Waals surface area contributed by atoms with E-state index in [9.17, 15) is 10.2 Å². The Morgan fingerprint density at radius 2 is 1.81 bits per heavy atom. The van der Waals surface area contributed by atoms with E-state index in [1.165, 1.54) is 16.7 Å². The molecule has 4 rings (SSSR count). The SMILES string of the molecule is Cc1ccc(O)cc1N1CCN([C@@H]2Cc3c(N)cccc3C[C@H]2O)CC1. The minimum absolute atomic E-state index is 0.125. The van der Waals surface area contributed by atoms with E-state index in [0.717, 1.165) is 44.0 Å². The molecule has 2 aromatic carbocycles. The molecule has 0 radical (unpaired) electrons. The topological polar surface area (TPSA) is 73.0 Å². The molecule has 1 aliphatic heterocycles. The van der Waals surface area contributed by atoms with Gasteiger partial charge in [-0.25, -0.2) is 0 Å². The number of aliphatic hydroxyl groups is 1. The minimum atomic E-state index is -0.349. The molecule has 0 aromatic heterocycles. The summed E-state index contributed by atoms with van der Waals surface area (Å²) in [6.45, 7) is 5.67. The normalized spacial score (nSPS) is 23.7. The number of hydrogen-bond donors (Lipinski definition) is 3. The Balaban J connectivity index is 1.46. The van der Waals surface area contributed by atoms with Crippen molar-refractivity contribution in [2.75, 3.05) is 36.8 Å². The van der Waals surface area contributed by atoms with Gasteiger partial charge in [-0.1, -0.05) is 18.2 Å². The minimum Gasteiger partial charge on any atom is -0.508 e. The zero-order valence-corrected chi connectivity index (χ0v) is 15.2. The molecule has 1 heterocycles. The summed E-state index contributed by atoms with van der Waals surface area (Å²) in [5, 5.41) is 20.5. The molecule has 0 unspecified atom stereocenters. The zero-order valence-electron chi connectivity index (χ0n) is 15.2. The Labute approximate surface area is 154 Å². The van der Waals surface area contributed by atoms with Gasteiger partial charge in [0.05, 0.1) is 6.10 Å². The molecule has 2 aliphatic rings. The fourth-order valence-electron chi connectivity index (χ4n) is 4.41. The van der Waals surface area contributed by atoms with Gasteiger partial charge in [0.25, 0.3) is 0 Å². The van der Waals surface area contributed by atoms with Gasteiger partial charge in [0.15, 0.2) is 0 Å². The number of aliphatic hydroxyl groups excluding tert-OH is 1. The molecule has 5 heteroatoms. The summed E-state index contributed by atoms with van der Waals surface area (Å²) in [5.41, 5.74) is 11.7. The van der Waals surface area contributed by atoms with Gasteiger partial charge in [0.2, 0.25) is 0 Å². The molecule has 0 saturated carbocycles. The Hall–Kier alpha value is -2.24. The number of piperazine rings is 1. The maximum atomic E-state index is 10.7. The number of phenols is 1. The number of phenolic OH excluding ortho intramolecular Hbond substituents is 1. The molecule has 26 heavy (non-hydrogen) atoms. The second-order valence-electron chi connectivity index (χ2n) is 7.52. The third kappa shape index (κ3) is 3.13. The van der Waals surface area contributed by atoms with Crippen LogP contribution in [0.25, 0.3) is 0 Å². The largest absolute Gasteiger partial charge is 0.508 e. The van der Waals surface area contributed by atoms with E-state index in [1.807, 2.05) is 24.3 Å². The summed E-state index contributed by atoms with van der Waals surface area (Å²) in [5.74, 6) is 0.308. The molecule has 0 amide bonds. The van der Waals surface area contributed by atoms with E-state index in [-0.39, 0.29) is 12.1 Å². The summed E-state index contributed by atoms with van der Waals surface area (Å²) in [4.78, 5) is 4.72. The number of anilines is 2. The molecule has 1 aliphatic carbocycles. The second kappa shape index (κ2) is 6.82. The van der Waals surface area contributed by atoms with Crippen LogP contribution in [-0.2, 0) is 12.8 Å². The number of fused-ring (bicyclic) bond motifs is 1. The molecule has 0 spiro atoms. The highest BCUT2D eigenvalue weighted by atomic mass is 16.3. The number of aryl methyl sites for hydroxylation is 1. The van der Waals surface area contributed by atoms with Gasteiger partial charge in [-0.3, -0.25) is 4.90 Å². The molecule has 4 N–H and O–H groups in total. The number of nitrogens with zero attached hydrogens (tertiary/aromatic N) is 2. The van der Waals surface area contributed by atoms with Crippen LogP contribution < -0.4 is 10.6 Å². The monoisotopic (exact) mass is 353 g/mol. The first kappa shape index (κ1) is 17.2. The van der Waals surface area contributed by atoms with Crippen molar-refractivity contribution in [1.82, 2.24) is 4.90 Å². The van der Waals surface area contributed by atoms with Crippen molar-refractivity contribution in [3.05, 3.63) is 53.1 Å². The molecule has 2 atom stereocenters. The van der Waals surface area contributed by atoms with E-state index >= 15 is 0 Å². The summed E-state index contributed by atoms with van der Waals surface area (Å²) in [7, 11) is 0. The quantitative estimate of drug-likeness (QED) is 0.720. The lowest BCUT2D eigenvalue weighted by molar-refractivity contribution is 0.0396. The van der Waals surface area contributed by atoms with Crippen molar-refractivity contribution in [3.8, 4) is 5.75 Å². The number of benzene rings is 2. The van der Waals surface area contributed by atoms with Gasteiger partial charge < -0.3 is 20.8 Å². The van der Waals surface area contributed by atoms with Crippen molar-refractivity contribution in [2.45, 2.75) is 31.9 Å². The molecule has 2 aromatic rings. The average molecular weight is 353 g/mol. The fraction of sp³-hybridized carbons (Fsp3) is 0.429. The number of aromatic hydroxyl groups is 1. The van der Waals surface area contributed by atoms with Gasteiger partial charge in [-0.15, -0.1) is 0 Å². The highest BCUT2D eigenvalue weighted by molar-refractivity contribution is 5.57. The van der Waals surface area contributed by atoms with Gasteiger partial charge in [0, 0.05) is 56.1 Å². The van der Waals surface area contributed by atoms with Crippen LogP contribution in [0, 0.1) is 6.92 Å². The Morgan fingerprint density at radius 3 is 2.58 bits per heavy atom. The Kier molecular flexibility index (Phi) is 4.51. The van der Waals surface area contributed by atoms with E-state index in [2.05, 4.69) is 22.8 Å². The van der Waals surface area contributed by atoms with Crippen molar-refractivity contribution in [3.63, 3.8) is 0 Å². The van der Waals surface area contributed by atoms with Crippen molar-refractivity contribution in [2.24, 2.45) is 0 Å². The summed E-state index contributed by atoms with van der Waals surface area (Å²) >= 11 is 0. The average Bonchev–Trinajstić information content (AvgIpc) is 2.64. The smallest absolute Gasteiger partial charge is 0.117 e. The van der Waals surface area contributed by atoms with Crippen molar-refractivity contribution >= 4 is 11.4 Å². The molecule has 1 saturated heterocycles. The maximum absolute atomic E-state index is 10.7. The van der Waals surface area contributed by atoms with Crippen LogP contribution in [0.15, 0.2) is 36.4 Å². The second-order valence-corrected chi connectivity index (χ2v) is 7.52. The van der Waals surface area contributed by atoms with Gasteiger partial charge in [0.1, 0.15) is 5.75 Å². The first-order valence-corrected chi connectivity index (χ1v) is 9.36. The van der Waals surface area contributed by atoms with Crippen molar-refractivity contribution in [1.29, 1.82) is 0 Å². The predicted octanol–water partition coefficient (Wildman–Crippen LogP) is 1.93. The van der Waals surface area contributed by atoms with Gasteiger partial charge in [-0.05, 0) is 42.2 Å². The van der Waals surface area contributed by atoms with Crippen LogP contribution in [0.4, 0.5) is 11.4 Å². The van der Waals surface area contributed by atoms with Crippen LogP contribution in [0.2, 0.25) is 0 Å². The first-order chi connectivity index (χ1) is 12.5. The molecule has 0 bridgehead atoms. The predicted molar refractivity (Wildman–Crippen MR) is 105 cm³/mol. The number of rotatable bonds is 2. The first-order valence-electron chi connectivity index (χ1n) is 9.36. The fourth-order valence-corrected chi connectivity index (χ4v) is 4.41. The number of nitrogen functional groups attached to an aromatic ring is 1. The standard InChI is InChI=1S/C21H27N3O2/c1-14-5-6-16(25)12-19(14)23-7-9-24(10-8-23)20-13-17-15(11-21(20)26)3-2-4-18(17)22/h2-6,12,20-21,25-26H,7-11,13,22H2,1H3/t20-,21-/m1/s1. The molecule has 138 valence electrons.